The number of thiophene rings is 1. The van der Waals surface area contributed by atoms with E-state index in [2.05, 4.69) is 55.1 Å². The van der Waals surface area contributed by atoms with E-state index in [0.717, 1.165) is 36.1 Å². The van der Waals surface area contributed by atoms with Crippen LogP contribution in [-0.2, 0) is 16.0 Å². The predicted octanol–water partition coefficient (Wildman–Crippen LogP) is 5.83. The van der Waals surface area contributed by atoms with Gasteiger partial charge in [-0.3, -0.25) is 9.59 Å². The maximum absolute atomic E-state index is 13.5. The largest absolute Gasteiger partial charge is 0.372 e. The third kappa shape index (κ3) is 6.46. The number of amides is 2. The zero-order valence-corrected chi connectivity index (χ0v) is 24.4. The fourth-order valence-electron chi connectivity index (χ4n) is 5.56. The number of morpholine rings is 1. The highest BCUT2D eigenvalue weighted by molar-refractivity contribution is 7.09. The van der Waals surface area contributed by atoms with Gasteiger partial charge in [-0.15, -0.1) is 11.3 Å². The van der Waals surface area contributed by atoms with Gasteiger partial charge < -0.3 is 19.5 Å². The number of carbonyl (C=O) groups excluding carboxylic acids is 2. The molecule has 3 aromatic rings. The van der Waals surface area contributed by atoms with Crippen molar-refractivity contribution in [2.75, 3.05) is 13.1 Å². The molecule has 206 valence electrons. The molecule has 1 N–H and O–H groups in total. The highest BCUT2D eigenvalue weighted by atomic mass is 32.1. The van der Waals surface area contributed by atoms with Crippen molar-refractivity contribution in [2.45, 2.75) is 91.5 Å². The Hall–Kier alpha value is -2.71. The monoisotopic (exact) mass is 538 g/mol. The van der Waals surface area contributed by atoms with Gasteiger partial charge in [0.25, 0.3) is 5.91 Å². The van der Waals surface area contributed by atoms with Crippen LogP contribution in [0.15, 0.2) is 35.7 Å². The lowest BCUT2D eigenvalue weighted by Crippen LogP contribution is -2.55. The molecule has 38 heavy (non-hydrogen) atoms. The first kappa shape index (κ1) is 28.3. The number of nitrogens with zero attached hydrogens (tertiary/aromatic N) is 3. The molecule has 1 aliphatic rings. The summed E-state index contributed by atoms with van der Waals surface area (Å²) < 4.78 is 8.16. The molecule has 2 aromatic heterocycles. The standard InChI is InChI=1S/C30H42N4O3S/c1-7-23(8-2)34-27-12-11-22(15-25(27)31-28(34)16-24-10-9-13-38-24)29(35)32-26(14-19(3)4)30(36)33-17-20(5)37-21(6)18-33/h9-13,15,19-21,23,26H,7-8,14,16-18H2,1-6H3,(H,32,35)/t20?,21?,26-/m0/s1. The second kappa shape index (κ2) is 12.4. The van der Waals surface area contributed by atoms with Crippen LogP contribution in [0.5, 0.6) is 0 Å². The number of benzene rings is 1. The lowest BCUT2D eigenvalue weighted by Gasteiger charge is -2.37. The molecule has 3 atom stereocenters. The molecule has 4 rings (SSSR count). The molecule has 1 saturated heterocycles. The van der Waals surface area contributed by atoms with Crippen LogP contribution in [0.1, 0.15) is 87.9 Å². The van der Waals surface area contributed by atoms with Gasteiger partial charge in [-0.1, -0.05) is 33.8 Å². The van der Waals surface area contributed by atoms with E-state index in [4.69, 9.17) is 9.72 Å². The molecule has 2 amide bonds. The summed E-state index contributed by atoms with van der Waals surface area (Å²) in [5, 5.41) is 5.15. The highest BCUT2D eigenvalue weighted by Gasteiger charge is 2.32. The Kier molecular flexibility index (Phi) is 9.26. The summed E-state index contributed by atoms with van der Waals surface area (Å²) in [5.41, 5.74) is 2.39. The Labute approximate surface area is 230 Å². The van der Waals surface area contributed by atoms with Crippen LogP contribution in [0.3, 0.4) is 0 Å². The summed E-state index contributed by atoms with van der Waals surface area (Å²) >= 11 is 1.74. The number of aromatic nitrogens is 2. The van der Waals surface area contributed by atoms with Gasteiger partial charge in [-0.2, -0.15) is 0 Å². The van der Waals surface area contributed by atoms with E-state index in [0.29, 0.717) is 31.1 Å². The first-order chi connectivity index (χ1) is 18.2. The van der Waals surface area contributed by atoms with Crippen molar-refractivity contribution in [2.24, 2.45) is 5.92 Å². The lowest BCUT2D eigenvalue weighted by molar-refractivity contribution is -0.145. The fraction of sp³-hybridized carbons (Fsp3) is 0.567. The number of imidazole rings is 1. The molecular weight excluding hydrogens is 496 g/mol. The SMILES string of the molecule is CCC(CC)n1c(Cc2cccs2)nc2cc(C(=O)N[C@@H](CC(C)C)C(=O)N3CC(C)OC(C)C3)ccc21. The molecule has 0 saturated carbocycles. The summed E-state index contributed by atoms with van der Waals surface area (Å²) in [6.45, 7) is 13.6. The van der Waals surface area contributed by atoms with Crippen LogP contribution in [0.2, 0.25) is 0 Å². The number of carbonyl (C=O) groups is 2. The van der Waals surface area contributed by atoms with Gasteiger partial charge in [0.05, 0.1) is 23.2 Å². The predicted molar refractivity (Wildman–Crippen MR) is 154 cm³/mol. The molecule has 0 bridgehead atoms. The maximum atomic E-state index is 13.5. The number of hydrogen-bond acceptors (Lipinski definition) is 5. The molecule has 0 spiro atoms. The van der Waals surface area contributed by atoms with Crippen molar-refractivity contribution in [1.29, 1.82) is 0 Å². The molecular formula is C30H42N4O3S. The number of rotatable bonds is 10. The van der Waals surface area contributed by atoms with Gasteiger partial charge in [0, 0.05) is 36.0 Å². The summed E-state index contributed by atoms with van der Waals surface area (Å²) in [6.07, 6.45) is 3.34. The van der Waals surface area contributed by atoms with E-state index in [-0.39, 0.29) is 29.9 Å². The third-order valence-corrected chi connectivity index (χ3v) is 8.16. The first-order valence-corrected chi connectivity index (χ1v) is 14.9. The molecule has 2 unspecified atom stereocenters. The summed E-state index contributed by atoms with van der Waals surface area (Å²) in [7, 11) is 0. The van der Waals surface area contributed by atoms with E-state index in [9.17, 15) is 9.59 Å². The third-order valence-electron chi connectivity index (χ3n) is 7.29. The Bertz CT molecular complexity index is 1220. The first-order valence-electron chi connectivity index (χ1n) is 14.0. The minimum Gasteiger partial charge on any atom is -0.372 e. The summed E-state index contributed by atoms with van der Waals surface area (Å²) in [6, 6.07) is 9.73. The topological polar surface area (TPSA) is 76.5 Å². The van der Waals surface area contributed by atoms with E-state index >= 15 is 0 Å². The van der Waals surface area contributed by atoms with Gasteiger partial charge in [0.1, 0.15) is 11.9 Å². The van der Waals surface area contributed by atoms with Crippen LogP contribution in [0.4, 0.5) is 0 Å². The number of nitrogens with one attached hydrogen (secondary N) is 1. The fourth-order valence-corrected chi connectivity index (χ4v) is 6.26. The highest BCUT2D eigenvalue weighted by Crippen LogP contribution is 2.28. The Morgan fingerprint density at radius 3 is 2.45 bits per heavy atom. The average molecular weight is 539 g/mol. The van der Waals surface area contributed by atoms with E-state index < -0.39 is 6.04 Å². The second-order valence-electron chi connectivity index (χ2n) is 11.0. The van der Waals surface area contributed by atoms with Gasteiger partial charge in [-0.25, -0.2) is 4.98 Å². The minimum absolute atomic E-state index is 0.0194. The van der Waals surface area contributed by atoms with Crippen molar-refractivity contribution in [3.63, 3.8) is 0 Å². The normalized spacial score (nSPS) is 18.9. The Morgan fingerprint density at radius 1 is 1.13 bits per heavy atom. The zero-order chi connectivity index (χ0) is 27.4. The van der Waals surface area contributed by atoms with Gasteiger partial charge >= 0.3 is 0 Å². The summed E-state index contributed by atoms with van der Waals surface area (Å²) in [4.78, 5) is 35.0. The van der Waals surface area contributed by atoms with Crippen LogP contribution in [-0.4, -0.2) is 57.6 Å². The lowest BCUT2D eigenvalue weighted by atomic mass is 10.0. The van der Waals surface area contributed by atoms with Crippen molar-refractivity contribution >= 4 is 34.2 Å². The molecule has 8 heteroatoms. The van der Waals surface area contributed by atoms with Gasteiger partial charge in [-0.05, 0) is 68.7 Å². The van der Waals surface area contributed by atoms with Crippen LogP contribution in [0, 0.1) is 5.92 Å². The molecule has 1 fully saturated rings. The quantitative estimate of drug-likeness (QED) is 0.352. The molecule has 1 aliphatic heterocycles. The van der Waals surface area contributed by atoms with E-state index in [1.807, 2.05) is 36.9 Å². The molecule has 0 aliphatic carbocycles. The average Bonchev–Trinajstić information content (AvgIpc) is 3.51. The minimum atomic E-state index is -0.577. The Balaban J connectivity index is 1.60. The van der Waals surface area contributed by atoms with E-state index in [1.165, 1.54) is 4.88 Å². The van der Waals surface area contributed by atoms with Crippen molar-refractivity contribution in [3.05, 3.63) is 52.0 Å². The van der Waals surface area contributed by atoms with Crippen LogP contribution in [0.25, 0.3) is 11.0 Å². The maximum Gasteiger partial charge on any atom is 0.252 e. The van der Waals surface area contributed by atoms with Gasteiger partial charge in [0.2, 0.25) is 5.91 Å². The Morgan fingerprint density at radius 2 is 1.84 bits per heavy atom. The van der Waals surface area contributed by atoms with Crippen molar-refractivity contribution in [1.82, 2.24) is 19.8 Å². The smallest absolute Gasteiger partial charge is 0.252 e. The van der Waals surface area contributed by atoms with Crippen molar-refractivity contribution in [3.8, 4) is 0 Å². The molecule has 1 aromatic carbocycles. The molecule has 0 radical (unpaired) electrons. The number of fused-ring (bicyclic) bond motifs is 1. The molecule has 3 heterocycles. The summed E-state index contributed by atoms with van der Waals surface area (Å²) in [5.74, 6) is 1.01. The van der Waals surface area contributed by atoms with Crippen molar-refractivity contribution < 1.29 is 14.3 Å². The number of ether oxygens (including phenoxy) is 1. The van der Waals surface area contributed by atoms with Crippen LogP contribution < -0.4 is 5.32 Å². The second-order valence-corrected chi connectivity index (χ2v) is 12.0. The van der Waals surface area contributed by atoms with E-state index in [1.54, 1.807) is 11.3 Å². The zero-order valence-electron chi connectivity index (χ0n) is 23.6. The van der Waals surface area contributed by atoms with Gasteiger partial charge in [0.15, 0.2) is 0 Å². The molecule has 7 nitrogen and oxygen atoms in total. The van der Waals surface area contributed by atoms with Crippen LogP contribution >= 0.6 is 11.3 Å². The number of hydrogen-bond donors (Lipinski definition) is 1.